The molecule has 0 saturated carbocycles. The van der Waals surface area contributed by atoms with Gasteiger partial charge in [0.05, 0.1) is 11.7 Å². The molecule has 0 amide bonds. The number of nitrogens with zero attached hydrogens (tertiary/aromatic N) is 2. The maximum atomic E-state index is 11.0. The molecule has 2 unspecified atom stereocenters. The Morgan fingerprint density at radius 1 is 1.39 bits per heavy atom. The van der Waals surface area contributed by atoms with Gasteiger partial charge in [0.1, 0.15) is 11.9 Å². The van der Waals surface area contributed by atoms with Gasteiger partial charge in [0.25, 0.3) is 0 Å². The molecule has 3 rings (SSSR count). The molecule has 5 heteroatoms. The predicted molar refractivity (Wildman–Crippen MR) is 66.3 cm³/mol. The van der Waals surface area contributed by atoms with Crippen molar-refractivity contribution in [2.75, 3.05) is 0 Å². The summed E-state index contributed by atoms with van der Waals surface area (Å²) in [5.41, 5.74) is 1.03. The molecular weight excluding hydrogens is 230 g/mol. The molecule has 0 aliphatic carbocycles. The lowest BCUT2D eigenvalue weighted by atomic mass is 9.97. The molecule has 98 valence electrons. The van der Waals surface area contributed by atoms with Gasteiger partial charge in [0.2, 0.25) is 0 Å². The van der Waals surface area contributed by atoms with Crippen LogP contribution in [-0.2, 0) is 17.8 Å². The normalized spacial score (nSPS) is 27.8. The van der Waals surface area contributed by atoms with Crippen molar-refractivity contribution in [2.45, 2.75) is 57.2 Å². The van der Waals surface area contributed by atoms with Gasteiger partial charge in [0.15, 0.2) is 0 Å². The maximum absolute atomic E-state index is 11.0. The van der Waals surface area contributed by atoms with Crippen LogP contribution in [0.5, 0.6) is 0 Å². The zero-order chi connectivity index (χ0) is 12.5. The molecule has 2 atom stereocenters. The minimum Gasteiger partial charge on any atom is -0.480 e. The molecule has 0 radical (unpaired) electrons. The highest BCUT2D eigenvalue weighted by Gasteiger charge is 2.28. The van der Waals surface area contributed by atoms with Gasteiger partial charge in [-0.25, -0.2) is 4.98 Å². The van der Waals surface area contributed by atoms with E-state index < -0.39 is 12.0 Å². The number of imidazole rings is 1. The van der Waals surface area contributed by atoms with Crippen LogP contribution in [0.3, 0.4) is 0 Å². The van der Waals surface area contributed by atoms with Gasteiger partial charge >= 0.3 is 5.97 Å². The van der Waals surface area contributed by atoms with E-state index in [4.69, 9.17) is 5.11 Å². The third-order valence-electron chi connectivity index (χ3n) is 3.97. The molecule has 0 spiro atoms. The second-order valence-electron chi connectivity index (χ2n) is 5.27. The Morgan fingerprint density at radius 3 is 3.06 bits per heavy atom. The first-order valence-electron chi connectivity index (χ1n) is 6.79. The minimum atomic E-state index is -0.747. The Morgan fingerprint density at radius 2 is 2.28 bits per heavy atom. The SMILES string of the molecule is O=C(O)C1CCCC(c2cn3c(n2)CCCC3)N1. The van der Waals surface area contributed by atoms with Crippen LogP contribution in [0.25, 0.3) is 0 Å². The molecule has 2 aliphatic rings. The van der Waals surface area contributed by atoms with E-state index in [9.17, 15) is 4.79 Å². The average molecular weight is 249 g/mol. The van der Waals surface area contributed by atoms with Crippen molar-refractivity contribution in [3.63, 3.8) is 0 Å². The summed E-state index contributed by atoms with van der Waals surface area (Å²) in [6.45, 7) is 1.05. The Balaban J connectivity index is 1.77. The first-order chi connectivity index (χ1) is 8.74. The van der Waals surface area contributed by atoms with E-state index in [1.807, 2.05) is 0 Å². The van der Waals surface area contributed by atoms with Crippen molar-refractivity contribution in [3.8, 4) is 0 Å². The van der Waals surface area contributed by atoms with Crippen molar-refractivity contribution < 1.29 is 9.90 Å². The summed E-state index contributed by atoms with van der Waals surface area (Å²) < 4.78 is 2.23. The van der Waals surface area contributed by atoms with Crippen molar-refractivity contribution in [1.82, 2.24) is 14.9 Å². The van der Waals surface area contributed by atoms with E-state index >= 15 is 0 Å². The number of carboxylic acid groups (broad SMARTS) is 1. The molecule has 2 N–H and O–H groups in total. The van der Waals surface area contributed by atoms with Crippen molar-refractivity contribution in [1.29, 1.82) is 0 Å². The van der Waals surface area contributed by atoms with Gasteiger partial charge in [-0.15, -0.1) is 0 Å². The Hall–Kier alpha value is -1.36. The van der Waals surface area contributed by atoms with Crippen LogP contribution in [0.2, 0.25) is 0 Å². The number of aromatic nitrogens is 2. The number of fused-ring (bicyclic) bond motifs is 1. The van der Waals surface area contributed by atoms with Crippen LogP contribution < -0.4 is 5.32 Å². The van der Waals surface area contributed by atoms with Crippen LogP contribution >= 0.6 is 0 Å². The smallest absolute Gasteiger partial charge is 0.320 e. The van der Waals surface area contributed by atoms with Gasteiger partial charge in [-0.05, 0) is 32.1 Å². The van der Waals surface area contributed by atoms with Gasteiger partial charge in [-0.3, -0.25) is 10.1 Å². The minimum absolute atomic E-state index is 0.109. The average Bonchev–Trinajstić information content (AvgIpc) is 2.82. The van der Waals surface area contributed by atoms with Gasteiger partial charge < -0.3 is 9.67 Å². The van der Waals surface area contributed by atoms with Gasteiger partial charge in [-0.2, -0.15) is 0 Å². The third kappa shape index (κ3) is 2.14. The van der Waals surface area contributed by atoms with E-state index in [-0.39, 0.29) is 6.04 Å². The summed E-state index contributed by atoms with van der Waals surface area (Å²) in [5, 5.41) is 12.3. The molecule has 1 aromatic rings. The molecule has 3 heterocycles. The van der Waals surface area contributed by atoms with Crippen LogP contribution in [0.1, 0.15) is 49.7 Å². The number of rotatable bonds is 2. The first kappa shape index (κ1) is 11.7. The van der Waals surface area contributed by atoms with Crippen molar-refractivity contribution in [3.05, 3.63) is 17.7 Å². The number of aryl methyl sites for hydroxylation is 2. The van der Waals surface area contributed by atoms with Crippen molar-refractivity contribution >= 4 is 5.97 Å². The summed E-state index contributed by atoms with van der Waals surface area (Å²) in [4.78, 5) is 15.7. The fourth-order valence-corrected chi connectivity index (χ4v) is 2.97. The second kappa shape index (κ2) is 4.72. The van der Waals surface area contributed by atoms with Gasteiger partial charge in [-0.1, -0.05) is 0 Å². The van der Waals surface area contributed by atoms with E-state index in [1.165, 1.54) is 12.8 Å². The molecule has 1 saturated heterocycles. The third-order valence-corrected chi connectivity index (χ3v) is 3.97. The highest BCUT2D eigenvalue weighted by Crippen LogP contribution is 2.26. The molecule has 18 heavy (non-hydrogen) atoms. The molecule has 2 aliphatic heterocycles. The molecular formula is C13H19N3O2. The largest absolute Gasteiger partial charge is 0.480 e. The molecule has 5 nitrogen and oxygen atoms in total. The number of aliphatic carboxylic acids is 1. The fourth-order valence-electron chi connectivity index (χ4n) is 2.97. The maximum Gasteiger partial charge on any atom is 0.320 e. The first-order valence-corrected chi connectivity index (χ1v) is 6.79. The summed E-state index contributed by atoms with van der Waals surface area (Å²) in [5.74, 6) is 0.416. The number of carboxylic acids is 1. The highest BCUT2D eigenvalue weighted by molar-refractivity contribution is 5.73. The zero-order valence-corrected chi connectivity index (χ0v) is 10.4. The standard InChI is InChI=1S/C13H19N3O2/c17-13(18)10-5-3-4-9(14-10)11-8-16-7-2-1-6-12(16)15-11/h8-10,14H,1-7H2,(H,17,18). The Labute approximate surface area is 106 Å². The summed E-state index contributed by atoms with van der Waals surface area (Å²) in [7, 11) is 0. The topological polar surface area (TPSA) is 67.1 Å². The monoisotopic (exact) mass is 249 g/mol. The number of hydrogen-bond donors (Lipinski definition) is 2. The molecule has 0 bridgehead atoms. The summed E-state index contributed by atoms with van der Waals surface area (Å²) in [6.07, 6.45) is 8.26. The van der Waals surface area contributed by atoms with Crippen LogP contribution in [0, 0.1) is 0 Å². The second-order valence-corrected chi connectivity index (χ2v) is 5.27. The highest BCUT2D eigenvalue weighted by atomic mass is 16.4. The number of carbonyl (C=O) groups is 1. The fraction of sp³-hybridized carbons (Fsp3) is 0.692. The lowest BCUT2D eigenvalue weighted by molar-refractivity contribution is -0.140. The molecule has 0 aromatic carbocycles. The zero-order valence-electron chi connectivity index (χ0n) is 10.4. The van der Waals surface area contributed by atoms with E-state index in [0.29, 0.717) is 0 Å². The number of piperidine rings is 1. The Kier molecular flexibility index (Phi) is 3.07. The van der Waals surface area contributed by atoms with E-state index in [2.05, 4.69) is 21.1 Å². The summed E-state index contributed by atoms with van der Waals surface area (Å²) >= 11 is 0. The van der Waals surface area contributed by atoms with Crippen LogP contribution in [0.15, 0.2) is 6.20 Å². The van der Waals surface area contributed by atoms with Gasteiger partial charge in [0, 0.05) is 19.2 Å². The van der Waals surface area contributed by atoms with Crippen LogP contribution in [0.4, 0.5) is 0 Å². The van der Waals surface area contributed by atoms with E-state index in [1.54, 1.807) is 0 Å². The quantitative estimate of drug-likeness (QED) is 0.833. The predicted octanol–water partition coefficient (Wildman–Crippen LogP) is 1.49. The lowest BCUT2D eigenvalue weighted by Crippen LogP contribution is -2.42. The number of hydrogen-bond acceptors (Lipinski definition) is 3. The summed E-state index contributed by atoms with van der Waals surface area (Å²) in [6, 6.07) is -0.305. The Bertz CT molecular complexity index is 432. The van der Waals surface area contributed by atoms with E-state index in [0.717, 1.165) is 43.7 Å². The van der Waals surface area contributed by atoms with Crippen LogP contribution in [-0.4, -0.2) is 26.7 Å². The molecule has 1 fully saturated rings. The number of nitrogens with one attached hydrogen (secondary N) is 1. The molecule has 1 aromatic heterocycles. The lowest BCUT2D eigenvalue weighted by Gasteiger charge is -2.27. The van der Waals surface area contributed by atoms with Crippen molar-refractivity contribution in [2.24, 2.45) is 0 Å².